The summed E-state index contributed by atoms with van der Waals surface area (Å²) >= 11 is 0. The lowest BCUT2D eigenvalue weighted by Gasteiger charge is -2.32. The van der Waals surface area contributed by atoms with Gasteiger partial charge in [-0.2, -0.15) is 4.98 Å². The number of methoxy groups -OCH3 is 1. The number of ether oxygens (including phenoxy) is 3. The third-order valence-corrected chi connectivity index (χ3v) is 5.93. The highest BCUT2D eigenvalue weighted by Crippen LogP contribution is 2.42. The molecular weight excluding hydrogens is 453 g/mol. The summed E-state index contributed by atoms with van der Waals surface area (Å²) < 4.78 is 29.1. The monoisotopic (exact) mass is 491 g/mol. The first-order valence-electron chi connectivity index (χ1n) is 11.9. The largest absolute Gasteiger partial charge is 0.502 e. The van der Waals surface area contributed by atoms with Crippen LogP contribution in [0.2, 0.25) is 0 Å². The minimum atomic E-state index is -0.945. The molecule has 1 saturated heterocycles. The maximum Gasteiger partial charge on any atom is 0.502 e. The summed E-state index contributed by atoms with van der Waals surface area (Å²) in [4.78, 5) is 36.1. The molecule has 1 aliphatic carbocycles. The number of hydrogen-bond acceptors (Lipinski definition) is 9. The van der Waals surface area contributed by atoms with Gasteiger partial charge in [0.05, 0.1) is 29.5 Å². The average Bonchev–Trinajstić information content (AvgIpc) is 3.45. The zero-order valence-corrected chi connectivity index (χ0v) is 22.8. The highest BCUT2D eigenvalue weighted by atomic mass is 16.7. The fourth-order valence-corrected chi connectivity index (χ4v) is 3.41. The predicted molar refractivity (Wildman–Crippen MR) is 131 cm³/mol. The number of rotatable bonds is 4. The SMILES string of the molecule is COc1nc(N(C(=O)OC(C)(C)C)C(=O)OC(C)(C)C)nc(C2CC2)c1B1OC(C)(C)C(C)(C)O1. The van der Waals surface area contributed by atoms with Crippen LogP contribution in [0.15, 0.2) is 0 Å². The number of nitrogens with zero attached hydrogens (tertiary/aromatic N) is 3. The molecular formula is C24H38BN3O7. The smallest absolute Gasteiger partial charge is 0.481 e. The molecule has 2 fully saturated rings. The molecule has 1 saturated carbocycles. The molecule has 10 nitrogen and oxygen atoms in total. The van der Waals surface area contributed by atoms with E-state index in [9.17, 15) is 9.59 Å². The molecule has 1 aliphatic heterocycles. The zero-order valence-electron chi connectivity index (χ0n) is 22.8. The second-order valence-electron chi connectivity index (χ2n) is 12.0. The van der Waals surface area contributed by atoms with Crippen LogP contribution in [0.3, 0.4) is 0 Å². The molecule has 0 radical (unpaired) electrons. The first-order valence-corrected chi connectivity index (χ1v) is 11.9. The van der Waals surface area contributed by atoms with Gasteiger partial charge >= 0.3 is 19.3 Å². The minimum absolute atomic E-state index is 0.0961. The van der Waals surface area contributed by atoms with Gasteiger partial charge in [0.2, 0.25) is 11.8 Å². The molecule has 0 atom stereocenters. The van der Waals surface area contributed by atoms with Gasteiger partial charge in [-0.3, -0.25) is 0 Å². The Morgan fingerprint density at radius 3 is 1.74 bits per heavy atom. The maximum atomic E-state index is 13.1. The zero-order chi connectivity index (χ0) is 26.6. The Kier molecular flexibility index (Phi) is 6.93. The molecule has 3 rings (SSSR count). The van der Waals surface area contributed by atoms with E-state index in [0.29, 0.717) is 16.1 Å². The lowest BCUT2D eigenvalue weighted by atomic mass is 9.77. The van der Waals surface area contributed by atoms with Crippen LogP contribution in [0, 0.1) is 0 Å². The van der Waals surface area contributed by atoms with Crippen molar-refractivity contribution in [2.24, 2.45) is 0 Å². The van der Waals surface area contributed by atoms with E-state index in [1.165, 1.54) is 7.11 Å². The van der Waals surface area contributed by atoms with Crippen LogP contribution in [0.25, 0.3) is 0 Å². The Morgan fingerprint density at radius 1 is 0.914 bits per heavy atom. The van der Waals surface area contributed by atoms with E-state index in [0.717, 1.165) is 12.8 Å². The van der Waals surface area contributed by atoms with E-state index in [1.54, 1.807) is 41.5 Å². The number of anilines is 1. The van der Waals surface area contributed by atoms with Crippen molar-refractivity contribution in [1.29, 1.82) is 0 Å². The van der Waals surface area contributed by atoms with E-state index < -0.39 is 41.7 Å². The van der Waals surface area contributed by atoms with Gasteiger partial charge in [0.15, 0.2) is 0 Å². The molecule has 11 heteroatoms. The standard InChI is InChI=1S/C24H38BN3O7/c1-21(2,3)32-19(29)28(20(30)33-22(4,5)6)18-26-16(14-12-13-14)15(17(27-18)31-11)25-34-23(7,8)24(9,10)35-25/h14H,12-13H2,1-11H3. The normalized spacial score (nSPS) is 19.3. The number of carbonyl (C=O) groups is 2. The summed E-state index contributed by atoms with van der Waals surface area (Å²) in [6, 6.07) is 0. The van der Waals surface area contributed by atoms with E-state index in [4.69, 9.17) is 23.5 Å². The molecule has 0 N–H and O–H groups in total. The van der Waals surface area contributed by atoms with Crippen LogP contribution >= 0.6 is 0 Å². The van der Waals surface area contributed by atoms with Crippen LogP contribution in [0.4, 0.5) is 15.5 Å². The molecule has 1 aromatic heterocycles. The molecule has 1 aromatic rings. The highest BCUT2D eigenvalue weighted by molar-refractivity contribution is 6.63. The fraction of sp³-hybridized carbons (Fsp3) is 0.750. The average molecular weight is 491 g/mol. The quantitative estimate of drug-likeness (QED) is 0.568. The third kappa shape index (κ3) is 6.06. The molecule has 0 aromatic carbocycles. The van der Waals surface area contributed by atoms with Crippen molar-refractivity contribution in [1.82, 2.24) is 9.97 Å². The Hall–Kier alpha value is -2.40. The molecule has 0 spiro atoms. The van der Waals surface area contributed by atoms with Gasteiger partial charge in [-0.05, 0) is 82.1 Å². The first-order chi connectivity index (χ1) is 15.9. The summed E-state index contributed by atoms with van der Waals surface area (Å²) in [5, 5.41) is 0. The van der Waals surface area contributed by atoms with Crippen molar-refractivity contribution in [3.8, 4) is 5.88 Å². The first kappa shape index (κ1) is 27.2. The summed E-state index contributed by atoms with van der Waals surface area (Å²) in [7, 11) is 0.694. The van der Waals surface area contributed by atoms with Crippen LogP contribution in [-0.2, 0) is 18.8 Å². The topological polar surface area (TPSA) is 109 Å². The van der Waals surface area contributed by atoms with Crippen molar-refractivity contribution < 1.29 is 33.1 Å². The van der Waals surface area contributed by atoms with Crippen LogP contribution in [0.5, 0.6) is 5.88 Å². The predicted octanol–water partition coefficient (Wildman–Crippen LogP) is 4.34. The van der Waals surface area contributed by atoms with Gasteiger partial charge in [-0.15, -0.1) is 4.90 Å². The summed E-state index contributed by atoms with van der Waals surface area (Å²) in [5.74, 6) is 0.0684. The van der Waals surface area contributed by atoms with Gasteiger partial charge in [0.1, 0.15) is 11.2 Å². The van der Waals surface area contributed by atoms with Gasteiger partial charge in [-0.25, -0.2) is 14.6 Å². The van der Waals surface area contributed by atoms with Crippen molar-refractivity contribution >= 4 is 30.7 Å². The number of imide groups is 1. The molecule has 2 heterocycles. The Labute approximate surface area is 208 Å². The molecule has 2 amide bonds. The third-order valence-electron chi connectivity index (χ3n) is 5.93. The fourth-order valence-electron chi connectivity index (χ4n) is 3.41. The van der Waals surface area contributed by atoms with Gasteiger partial charge in [0.25, 0.3) is 0 Å². The van der Waals surface area contributed by atoms with Crippen molar-refractivity contribution in [2.45, 2.75) is 110 Å². The van der Waals surface area contributed by atoms with Crippen LogP contribution < -0.4 is 15.1 Å². The lowest BCUT2D eigenvalue weighted by Crippen LogP contribution is -2.46. The Bertz CT molecular complexity index is 950. The van der Waals surface area contributed by atoms with Gasteiger partial charge in [-0.1, -0.05) is 0 Å². The maximum absolute atomic E-state index is 13.1. The van der Waals surface area contributed by atoms with E-state index in [1.807, 2.05) is 27.7 Å². The lowest BCUT2D eigenvalue weighted by molar-refractivity contribution is 0.00578. The molecule has 2 aliphatic rings. The Balaban J connectivity index is 2.12. The molecule has 0 bridgehead atoms. The van der Waals surface area contributed by atoms with Crippen molar-refractivity contribution in [2.75, 3.05) is 12.0 Å². The summed E-state index contributed by atoms with van der Waals surface area (Å²) in [6.45, 7) is 18.1. The molecule has 194 valence electrons. The van der Waals surface area contributed by atoms with Crippen molar-refractivity contribution in [3.63, 3.8) is 0 Å². The number of hydrogen-bond donors (Lipinski definition) is 0. The highest BCUT2D eigenvalue weighted by Gasteiger charge is 2.54. The Morgan fingerprint density at radius 2 is 1.37 bits per heavy atom. The summed E-state index contributed by atoms with van der Waals surface area (Å²) in [6.07, 6.45) is -0.103. The summed E-state index contributed by atoms with van der Waals surface area (Å²) in [5.41, 5.74) is -1.71. The van der Waals surface area contributed by atoms with Crippen LogP contribution in [-0.4, -0.2) is 58.8 Å². The van der Waals surface area contributed by atoms with E-state index in [2.05, 4.69) is 9.97 Å². The number of carbonyl (C=O) groups excluding carboxylic acids is 2. The molecule has 0 unspecified atom stereocenters. The second-order valence-corrected chi connectivity index (χ2v) is 12.0. The van der Waals surface area contributed by atoms with Gasteiger partial charge < -0.3 is 23.5 Å². The van der Waals surface area contributed by atoms with E-state index in [-0.39, 0.29) is 17.7 Å². The van der Waals surface area contributed by atoms with Crippen molar-refractivity contribution in [3.05, 3.63) is 5.69 Å². The second kappa shape index (κ2) is 8.92. The number of aromatic nitrogens is 2. The number of amides is 2. The minimum Gasteiger partial charge on any atom is -0.481 e. The van der Waals surface area contributed by atoms with E-state index >= 15 is 0 Å². The molecule has 35 heavy (non-hydrogen) atoms. The van der Waals surface area contributed by atoms with Gasteiger partial charge in [0, 0.05) is 5.92 Å². The van der Waals surface area contributed by atoms with Crippen LogP contribution in [0.1, 0.15) is 93.7 Å².